The summed E-state index contributed by atoms with van der Waals surface area (Å²) in [7, 11) is 0. The van der Waals surface area contributed by atoms with E-state index in [9.17, 15) is 17.6 Å². The van der Waals surface area contributed by atoms with Gasteiger partial charge in [0.05, 0.1) is 10.6 Å². The first kappa shape index (κ1) is 14.3. The summed E-state index contributed by atoms with van der Waals surface area (Å²) < 4.78 is 52.1. The van der Waals surface area contributed by atoms with Gasteiger partial charge in [-0.1, -0.05) is 33.6 Å². The quantitative estimate of drug-likeness (QED) is 0.558. The molecule has 0 amide bonds. The van der Waals surface area contributed by atoms with Crippen LogP contribution < -0.4 is 0 Å². The number of alkyl halides is 3. The van der Waals surface area contributed by atoms with Gasteiger partial charge in [0.25, 0.3) is 0 Å². The highest BCUT2D eigenvalue weighted by Crippen LogP contribution is 2.39. The molecule has 0 saturated heterocycles. The molecule has 0 spiro atoms. The van der Waals surface area contributed by atoms with E-state index in [0.29, 0.717) is 4.47 Å². The van der Waals surface area contributed by atoms with Crippen LogP contribution in [0.2, 0.25) is 5.02 Å². The summed E-state index contributed by atoms with van der Waals surface area (Å²) in [6, 6.07) is 6.97. The van der Waals surface area contributed by atoms with Gasteiger partial charge in [0, 0.05) is 15.6 Å². The van der Waals surface area contributed by atoms with Gasteiger partial charge in [0.15, 0.2) is 0 Å². The highest BCUT2D eigenvalue weighted by molar-refractivity contribution is 9.10. The van der Waals surface area contributed by atoms with Crippen molar-refractivity contribution in [1.82, 2.24) is 0 Å². The third-order valence-corrected chi connectivity index (χ3v) is 3.53. The minimum absolute atomic E-state index is 0.0536. The third-order valence-electron chi connectivity index (χ3n) is 2.53. The van der Waals surface area contributed by atoms with E-state index in [0.717, 1.165) is 18.2 Å². The lowest BCUT2D eigenvalue weighted by Crippen LogP contribution is -2.05. The zero-order chi connectivity index (χ0) is 14.2. The van der Waals surface area contributed by atoms with Gasteiger partial charge in [-0.25, -0.2) is 4.39 Å². The molecule has 0 radical (unpaired) electrons. The van der Waals surface area contributed by atoms with Gasteiger partial charge < -0.3 is 0 Å². The average molecular weight is 354 g/mol. The Morgan fingerprint density at radius 1 is 1.05 bits per heavy atom. The molecule has 2 rings (SSSR count). The Morgan fingerprint density at radius 2 is 1.74 bits per heavy atom. The molecule has 19 heavy (non-hydrogen) atoms. The molecule has 0 unspecified atom stereocenters. The molecule has 0 aliphatic rings. The molecule has 0 aliphatic heterocycles. The zero-order valence-electron chi connectivity index (χ0n) is 9.23. The van der Waals surface area contributed by atoms with Crippen molar-refractivity contribution < 1.29 is 17.6 Å². The van der Waals surface area contributed by atoms with E-state index in [1.54, 1.807) is 0 Å². The summed E-state index contributed by atoms with van der Waals surface area (Å²) in [6.45, 7) is 0. The molecule has 0 nitrogen and oxygen atoms in total. The minimum atomic E-state index is -4.49. The monoisotopic (exact) mass is 352 g/mol. The lowest BCUT2D eigenvalue weighted by molar-refractivity contribution is -0.137. The number of hydrogen-bond donors (Lipinski definition) is 0. The predicted molar refractivity (Wildman–Crippen MR) is 69.5 cm³/mol. The Morgan fingerprint density at radius 3 is 2.32 bits per heavy atom. The van der Waals surface area contributed by atoms with Crippen molar-refractivity contribution in [2.24, 2.45) is 0 Å². The molecule has 0 aromatic heterocycles. The van der Waals surface area contributed by atoms with E-state index in [2.05, 4.69) is 15.9 Å². The molecule has 0 atom stereocenters. The Balaban J connectivity index is 2.69. The van der Waals surface area contributed by atoms with Crippen molar-refractivity contribution in [3.8, 4) is 11.1 Å². The molecule has 100 valence electrons. The van der Waals surface area contributed by atoms with E-state index in [4.69, 9.17) is 11.6 Å². The summed E-state index contributed by atoms with van der Waals surface area (Å²) >= 11 is 8.97. The SMILES string of the molecule is Fc1cccc(Cl)c1-c1cc(C(F)(F)F)ccc1Br. The van der Waals surface area contributed by atoms with Crippen LogP contribution >= 0.6 is 27.5 Å². The molecule has 0 N–H and O–H groups in total. The number of halogens is 6. The van der Waals surface area contributed by atoms with Crippen LogP contribution in [-0.2, 0) is 6.18 Å². The zero-order valence-corrected chi connectivity index (χ0v) is 11.6. The van der Waals surface area contributed by atoms with Crippen LogP contribution in [0.3, 0.4) is 0 Å². The van der Waals surface area contributed by atoms with E-state index in [1.807, 2.05) is 0 Å². The summed E-state index contributed by atoms with van der Waals surface area (Å²) in [5.74, 6) is -0.674. The summed E-state index contributed by atoms with van der Waals surface area (Å²) in [5, 5.41) is 0.0556. The van der Waals surface area contributed by atoms with Crippen LogP contribution in [0.5, 0.6) is 0 Å². The lowest BCUT2D eigenvalue weighted by Gasteiger charge is -2.12. The summed E-state index contributed by atoms with van der Waals surface area (Å²) in [4.78, 5) is 0. The standard InChI is InChI=1S/C13H6BrClF4/c14-9-5-4-7(13(17,18)19)6-8(9)12-10(15)2-1-3-11(12)16/h1-6H. The van der Waals surface area contributed by atoms with E-state index < -0.39 is 17.6 Å². The largest absolute Gasteiger partial charge is 0.416 e. The molecular formula is C13H6BrClF4. The first-order chi connectivity index (χ1) is 8.80. The Bertz CT molecular complexity index is 602. The molecule has 2 aromatic carbocycles. The van der Waals surface area contributed by atoms with Gasteiger partial charge >= 0.3 is 6.18 Å². The first-order valence-corrected chi connectivity index (χ1v) is 6.29. The molecule has 6 heteroatoms. The van der Waals surface area contributed by atoms with E-state index in [-0.39, 0.29) is 16.1 Å². The van der Waals surface area contributed by atoms with Crippen LogP contribution in [0.4, 0.5) is 17.6 Å². The fraction of sp³-hybridized carbons (Fsp3) is 0.0769. The fourth-order valence-electron chi connectivity index (χ4n) is 1.65. The first-order valence-electron chi connectivity index (χ1n) is 5.12. The molecule has 0 fully saturated rings. The van der Waals surface area contributed by atoms with Crippen LogP contribution in [0.15, 0.2) is 40.9 Å². The third kappa shape index (κ3) is 2.92. The van der Waals surface area contributed by atoms with Crippen LogP contribution in [-0.4, -0.2) is 0 Å². The maximum absolute atomic E-state index is 13.8. The second-order valence-corrected chi connectivity index (χ2v) is 5.05. The molecule has 0 heterocycles. The fourth-order valence-corrected chi connectivity index (χ4v) is 2.36. The molecule has 0 saturated carbocycles. The highest BCUT2D eigenvalue weighted by atomic mass is 79.9. The molecule has 2 aromatic rings. The van der Waals surface area contributed by atoms with Crippen molar-refractivity contribution in [3.63, 3.8) is 0 Å². The Labute approximate surface area is 120 Å². The molecular weight excluding hydrogens is 347 g/mol. The van der Waals surface area contributed by atoms with Crippen LogP contribution in [0.25, 0.3) is 11.1 Å². The minimum Gasteiger partial charge on any atom is -0.206 e. The smallest absolute Gasteiger partial charge is 0.206 e. The van der Waals surface area contributed by atoms with Gasteiger partial charge in [-0.2, -0.15) is 13.2 Å². The van der Waals surface area contributed by atoms with Crippen molar-refractivity contribution in [1.29, 1.82) is 0 Å². The predicted octanol–water partition coefficient (Wildman–Crippen LogP) is 5.93. The van der Waals surface area contributed by atoms with Gasteiger partial charge in [-0.05, 0) is 30.3 Å². The van der Waals surface area contributed by atoms with Crippen molar-refractivity contribution in [2.75, 3.05) is 0 Å². The van der Waals surface area contributed by atoms with Crippen molar-refractivity contribution >= 4 is 27.5 Å². The van der Waals surface area contributed by atoms with Gasteiger partial charge in [0.1, 0.15) is 5.82 Å². The molecule has 0 bridgehead atoms. The topological polar surface area (TPSA) is 0 Å². The number of benzene rings is 2. The summed E-state index contributed by atoms with van der Waals surface area (Å²) in [5.41, 5.74) is -0.843. The van der Waals surface area contributed by atoms with E-state index >= 15 is 0 Å². The Hall–Kier alpha value is -1.07. The second kappa shape index (κ2) is 5.13. The Kier molecular flexibility index (Phi) is 3.87. The van der Waals surface area contributed by atoms with Crippen LogP contribution in [0, 0.1) is 5.82 Å². The van der Waals surface area contributed by atoms with Crippen molar-refractivity contribution in [3.05, 3.63) is 57.3 Å². The lowest BCUT2D eigenvalue weighted by atomic mass is 10.0. The van der Waals surface area contributed by atoms with Crippen LogP contribution in [0.1, 0.15) is 5.56 Å². The maximum Gasteiger partial charge on any atom is 0.416 e. The van der Waals surface area contributed by atoms with E-state index in [1.165, 1.54) is 18.2 Å². The normalized spacial score (nSPS) is 11.7. The maximum atomic E-state index is 13.8. The number of rotatable bonds is 1. The van der Waals surface area contributed by atoms with Gasteiger partial charge in [0.2, 0.25) is 0 Å². The average Bonchev–Trinajstić information content (AvgIpc) is 2.29. The van der Waals surface area contributed by atoms with Gasteiger partial charge in [-0.3, -0.25) is 0 Å². The van der Waals surface area contributed by atoms with Crippen molar-refractivity contribution in [2.45, 2.75) is 6.18 Å². The second-order valence-electron chi connectivity index (χ2n) is 3.79. The highest BCUT2D eigenvalue weighted by Gasteiger charge is 2.31. The summed E-state index contributed by atoms with van der Waals surface area (Å²) in [6.07, 6.45) is -4.49. The molecule has 0 aliphatic carbocycles. The number of hydrogen-bond acceptors (Lipinski definition) is 0. The van der Waals surface area contributed by atoms with Gasteiger partial charge in [-0.15, -0.1) is 0 Å².